The zero-order valence-corrected chi connectivity index (χ0v) is 18.1. The molecular weight excluding hydrogens is 415 g/mol. The summed E-state index contributed by atoms with van der Waals surface area (Å²) in [6.45, 7) is 2.83. The van der Waals surface area contributed by atoms with E-state index in [0.717, 1.165) is 50.0 Å². The minimum absolute atomic E-state index is 0.315. The molecule has 0 atom stereocenters. The van der Waals surface area contributed by atoms with Crippen molar-refractivity contribution in [3.63, 3.8) is 0 Å². The number of fused-ring (bicyclic) bond motifs is 1. The summed E-state index contributed by atoms with van der Waals surface area (Å²) < 4.78 is 29.8. The number of hydrogen-bond donors (Lipinski definition) is 1. The van der Waals surface area contributed by atoms with Crippen LogP contribution in [0.3, 0.4) is 0 Å². The molecule has 0 amide bonds. The molecule has 1 saturated heterocycles. The van der Waals surface area contributed by atoms with Gasteiger partial charge in [0.2, 0.25) is 0 Å². The second kappa shape index (κ2) is 10.1. The first-order chi connectivity index (χ1) is 15.6. The number of ketones is 1. The Balaban J connectivity index is 1.24. The van der Waals surface area contributed by atoms with E-state index in [0.29, 0.717) is 35.2 Å². The summed E-state index contributed by atoms with van der Waals surface area (Å²) in [5.41, 5.74) is 1.83. The van der Waals surface area contributed by atoms with Gasteiger partial charge in [-0.2, -0.15) is 0 Å². The van der Waals surface area contributed by atoms with Crippen molar-refractivity contribution in [2.45, 2.75) is 25.2 Å². The number of rotatable bonds is 9. The Labute approximate surface area is 185 Å². The lowest BCUT2D eigenvalue weighted by Crippen LogP contribution is -2.34. The number of hydrogen-bond acceptors (Lipinski definition) is 7. The highest BCUT2D eigenvalue weighted by Gasteiger charge is 2.25. The number of halogens is 1. The molecule has 2 heterocycles. The standard InChI is InChI=1S/C24H27FN2O5/c1-30-23-13-17(20(29)15-28)3-6-21(23)31-12-2-9-27-10-7-16(8-11-27)24-19-5-4-18(25)14-22(19)32-26-24/h3-6,13-14,16,28H,2,7-12,15H2,1H3. The maximum atomic E-state index is 13.4. The van der Waals surface area contributed by atoms with Crippen LogP contribution in [0.25, 0.3) is 11.0 Å². The number of aliphatic hydroxyl groups is 1. The maximum absolute atomic E-state index is 13.4. The molecule has 1 N–H and O–H groups in total. The molecule has 3 aromatic rings. The number of benzene rings is 2. The van der Waals surface area contributed by atoms with E-state index in [9.17, 15) is 9.18 Å². The molecule has 0 aliphatic carbocycles. The highest BCUT2D eigenvalue weighted by atomic mass is 19.1. The predicted molar refractivity (Wildman–Crippen MR) is 117 cm³/mol. The van der Waals surface area contributed by atoms with Crippen molar-refractivity contribution in [1.29, 1.82) is 0 Å². The number of Topliss-reactive ketones (excluding diaryl/α,β-unsaturated/α-hetero) is 1. The smallest absolute Gasteiger partial charge is 0.188 e. The third-order valence-corrected chi connectivity index (χ3v) is 5.94. The van der Waals surface area contributed by atoms with Crippen LogP contribution in [0.1, 0.15) is 41.2 Å². The first kappa shape index (κ1) is 22.2. The van der Waals surface area contributed by atoms with Gasteiger partial charge in [-0.15, -0.1) is 0 Å². The van der Waals surface area contributed by atoms with Crippen LogP contribution in [-0.4, -0.2) is 60.9 Å². The van der Waals surface area contributed by atoms with E-state index in [-0.39, 0.29) is 11.6 Å². The normalized spacial score (nSPS) is 15.2. The van der Waals surface area contributed by atoms with Crippen LogP contribution >= 0.6 is 0 Å². The lowest BCUT2D eigenvalue weighted by Gasteiger charge is -2.31. The van der Waals surface area contributed by atoms with Crippen molar-refractivity contribution >= 4 is 16.8 Å². The van der Waals surface area contributed by atoms with Gasteiger partial charge in [0, 0.05) is 29.5 Å². The zero-order chi connectivity index (χ0) is 22.5. The number of aliphatic hydroxyl groups excluding tert-OH is 1. The summed E-state index contributed by atoms with van der Waals surface area (Å²) >= 11 is 0. The fourth-order valence-corrected chi connectivity index (χ4v) is 4.18. The summed E-state index contributed by atoms with van der Waals surface area (Å²) in [6, 6.07) is 9.49. The molecule has 1 aliphatic heterocycles. The fourth-order valence-electron chi connectivity index (χ4n) is 4.18. The first-order valence-electron chi connectivity index (χ1n) is 10.8. The molecule has 0 saturated carbocycles. The molecule has 0 unspecified atom stereocenters. The summed E-state index contributed by atoms with van der Waals surface area (Å²) in [7, 11) is 1.52. The zero-order valence-electron chi connectivity index (χ0n) is 18.1. The molecule has 0 radical (unpaired) electrons. The Hall–Kier alpha value is -2.97. The van der Waals surface area contributed by atoms with Crippen molar-refractivity contribution in [3.8, 4) is 11.5 Å². The quantitative estimate of drug-likeness (QED) is 0.399. The van der Waals surface area contributed by atoms with E-state index in [2.05, 4.69) is 10.1 Å². The molecule has 4 rings (SSSR count). The van der Waals surface area contributed by atoms with Gasteiger partial charge in [0.05, 0.1) is 19.4 Å². The number of nitrogens with zero attached hydrogens (tertiary/aromatic N) is 2. The minimum Gasteiger partial charge on any atom is -0.493 e. The average Bonchev–Trinajstić information content (AvgIpc) is 3.24. The average molecular weight is 442 g/mol. The molecule has 1 aromatic heterocycles. The van der Waals surface area contributed by atoms with Gasteiger partial charge in [0.15, 0.2) is 22.9 Å². The summed E-state index contributed by atoms with van der Waals surface area (Å²) in [5.74, 6) is 0.701. The number of carbonyl (C=O) groups is 1. The van der Waals surface area contributed by atoms with E-state index >= 15 is 0 Å². The molecule has 1 aliphatic rings. The SMILES string of the molecule is COc1cc(C(=O)CO)ccc1OCCCN1CCC(c2noc3cc(F)ccc23)CC1. The number of ether oxygens (including phenoxy) is 2. The number of methoxy groups -OCH3 is 1. The molecule has 0 bridgehead atoms. The molecular formula is C24H27FN2O5. The maximum Gasteiger partial charge on any atom is 0.188 e. The van der Waals surface area contributed by atoms with E-state index in [4.69, 9.17) is 19.1 Å². The van der Waals surface area contributed by atoms with Crippen molar-refractivity contribution in [2.24, 2.45) is 0 Å². The highest BCUT2D eigenvalue weighted by molar-refractivity contribution is 5.97. The number of piperidine rings is 1. The number of carbonyl (C=O) groups excluding carboxylic acids is 1. The monoisotopic (exact) mass is 442 g/mol. The van der Waals surface area contributed by atoms with Crippen molar-refractivity contribution in [2.75, 3.05) is 40.0 Å². The van der Waals surface area contributed by atoms with Crippen LogP contribution in [0.15, 0.2) is 40.9 Å². The second-order valence-electron chi connectivity index (χ2n) is 7.97. The van der Waals surface area contributed by atoms with Crippen LogP contribution < -0.4 is 9.47 Å². The van der Waals surface area contributed by atoms with Gasteiger partial charge in [-0.1, -0.05) is 5.16 Å². The third-order valence-electron chi connectivity index (χ3n) is 5.94. The Morgan fingerprint density at radius 2 is 2.03 bits per heavy atom. The molecule has 7 nitrogen and oxygen atoms in total. The largest absolute Gasteiger partial charge is 0.493 e. The van der Waals surface area contributed by atoms with Gasteiger partial charge in [0.25, 0.3) is 0 Å². The van der Waals surface area contributed by atoms with Crippen molar-refractivity contribution in [1.82, 2.24) is 10.1 Å². The van der Waals surface area contributed by atoms with Crippen molar-refractivity contribution < 1.29 is 28.3 Å². The van der Waals surface area contributed by atoms with E-state index in [1.165, 1.54) is 19.2 Å². The van der Waals surface area contributed by atoms with E-state index in [1.54, 1.807) is 24.3 Å². The van der Waals surface area contributed by atoms with Crippen LogP contribution in [-0.2, 0) is 0 Å². The van der Waals surface area contributed by atoms with Crippen LogP contribution in [0, 0.1) is 5.82 Å². The summed E-state index contributed by atoms with van der Waals surface area (Å²) in [6.07, 6.45) is 2.82. The fraction of sp³-hybridized carbons (Fsp3) is 0.417. The number of aromatic nitrogens is 1. The van der Waals surface area contributed by atoms with Gasteiger partial charge in [-0.25, -0.2) is 4.39 Å². The van der Waals surface area contributed by atoms with Crippen LogP contribution in [0.5, 0.6) is 11.5 Å². The van der Waals surface area contributed by atoms with Gasteiger partial charge < -0.3 is 24.0 Å². The molecule has 0 spiro atoms. The predicted octanol–water partition coefficient (Wildman–Crippen LogP) is 3.80. The van der Waals surface area contributed by atoms with E-state index in [1.807, 2.05) is 0 Å². The van der Waals surface area contributed by atoms with Gasteiger partial charge in [-0.05, 0) is 62.7 Å². The molecule has 2 aromatic carbocycles. The van der Waals surface area contributed by atoms with Gasteiger partial charge in [0.1, 0.15) is 12.4 Å². The molecule has 170 valence electrons. The van der Waals surface area contributed by atoms with E-state index < -0.39 is 6.61 Å². The van der Waals surface area contributed by atoms with Gasteiger partial charge >= 0.3 is 0 Å². The lowest BCUT2D eigenvalue weighted by atomic mass is 9.91. The summed E-state index contributed by atoms with van der Waals surface area (Å²) in [4.78, 5) is 14.0. The van der Waals surface area contributed by atoms with Gasteiger partial charge in [-0.3, -0.25) is 4.79 Å². The highest BCUT2D eigenvalue weighted by Crippen LogP contribution is 2.33. The lowest BCUT2D eigenvalue weighted by molar-refractivity contribution is 0.0903. The Morgan fingerprint density at radius 1 is 1.22 bits per heavy atom. The van der Waals surface area contributed by atoms with Crippen LogP contribution in [0.2, 0.25) is 0 Å². The topological polar surface area (TPSA) is 85.0 Å². The second-order valence-corrected chi connectivity index (χ2v) is 7.97. The Kier molecular flexibility index (Phi) is 7.02. The molecule has 1 fully saturated rings. The molecule has 32 heavy (non-hydrogen) atoms. The third kappa shape index (κ3) is 4.92. The first-order valence-corrected chi connectivity index (χ1v) is 10.8. The van der Waals surface area contributed by atoms with Crippen LogP contribution in [0.4, 0.5) is 4.39 Å². The Bertz CT molecular complexity index is 1080. The Morgan fingerprint density at radius 3 is 2.78 bits per heavy atom. The molecule has 8 heteroatoms. The minimum atomic E-state index is -0.536. The number of likely N-dealkylation sites (tertiary alicyclic amines) is 1. The summed E-state index contributed by atoms with van der Waals surface area (Å²) in [5, 5.41) is 14.1. The van der Waals surface area contributed by atoms with Crippen molar-refractivity contribution in [3.05, 3.63) is 53.5 Å².